The molecule has 2 saturated heterocycles. The summed E-state index contributed by atoms with van der Waals surface area (Å²) in [5, 5.41) is 11.6. The Bertz CT molecular complexity index is 637. The molecule has 0 aromatic heterocycles. The average Bonchev–Trinajstić information content (AvgIpc) is 2.97. The zero-order valence-electron chi connectivity index (χ0n) is 11.6. The van der Waals surface area contributed by atoms with Crippen molar-refractivity contribution < 1.29 is 9.59 Å². The van der Waals surface area contributed by atoms with Gasteiger partial charge in [-0.2, -0.15) is 5.26 Å². The summed E-state index contributed by atoms with van der Waals surface area (Å²) >= 11 is 1.67. The molecule has 0 saturated carbocycles. The number of nitrogens with zero attached hydrogens (tertiary/aromatic N) is 2. The first-order chi connectivity index (χ1) is 10.0. The predicted octanol–water partition coefficient (Wildman–Crippen LogP) is 1.95. The third-order valence-electron chi connectivity index (χ3n) is 4.03. The highest BCUT2D eigenvalue weighted by Crippen LogP contribution is 2.47. The van der Waals surface area contributed by atoms with Crippen LogP contribution in [0.5, 0.6) is 0 Å². The van der Waals surface area contributed by atoms with Crippen LogP contribution in [-0.2, 0) is 9.59 Å². The smallest absolute Gasteiger partial charge is 0.248 e. The van der Waals surface area contributed by atoms with Crippen LogP contribution in [0.1, 0.15) is 25.3 Å². The Morgan fingerprint density at radius 3 is 2.86 bits per heavy atom. The summed E-state index contributed by atoms with van der Waals surface area (Å²) in [5.74, 6) is 0.526. The van der Waals surface area contributed by atoms with Crippen LogP contribution in [0.25, 0.3) is 0 Å². The number of hydrogen-bond donors (Lipinski definition) is 1. The van der Waals surface area contributed by atoms with Crippen molar-refractivity contribution in [2.75, 3.05) is 11.1 Å². The molecule has 2 amide bonds. The van der Waals surface area contributed by atoms with Crippen molar-refractivity contribution in [1.82, 2.24) is 4.90 Å². The number of carbonyl (C=O) groups excluding carboxylic acids is 2. The summed E-state index contributed by atoms with van der Waals surface area (Å²) in [6.45, 7) is 2.03. The van der Waals surface area contributed by atoms with Gasteiger partial charge in [-0.05, 0) is 37.6 Å². The molecule has 1 N–H and O–H groups in total. The van der Waals surface area contributed by atoms with Gasteiger partial charge in [0, 0.05) is 17.9 Å². The van der Waals surface area contributed by atoms with Crippen LogP contribution in [0, 0.1) is 11.3 Å². The summed E-state index contributed by atoms with van der Waals surface area (Å²) in [7, 11) is 0. The fraction of sp³-hybridized carbons (Fsp3) is 0.400. The Kier molecular flexibility index (Phi) is 3.38. The molecule has 0 bridgehead atoms. The van der Waals surface area contributed by atoms with Crippen molar-refractivity contribution >= 4 is 29.3 Å². The minimum Gasteiger partial charge on any atom is -0.324 e. The lowest BCUT2D eigenvalue weighted by Crippen LogP contribution is -2.48. The zero-order valence-corrected chi connectivity index (χ0v) is 12.4. The number of anilines is 1. The molecule has 2 aliphatic rings. The minimum atomic E-state index is -0.411. The van der Waals surface area contributed by atoms with Crippen molar-refractivity contribution in [2.45, 2.75) is 30.7 Å². The van der Waals surface area contributed by atoms with Gasteiger partial charge in [0.1, 0.15) is 6.04 Å². The monoisotopic (exact) mass is 301 g/mol. The van der Waals surface area contributed by atoms with E-state index in [-0.39, 0.29) is 16.7 Å². The van der Waals surface area contributed by atoms with E-state index in [1.165, 1.54) is 0 Å². The van der Waals surface area contributed by atoms with Gasteiger partial charge in [-0.15, -0.1) is 11.8 Å². The highest BCUT2D eigenvalue weighted by atomic mass is 32.2. The van der Waals surface area contributed by atoms with Gasteiger partial charge in [-0.25, -0.2) is 0 Å². The Morgan fingerprint density at radius 1 is 1.48 bits per heavy atom. The van der Waals surface area contributed by atoms with Crippen LogP contribution < -0.4 is 5.32 Å². The summed E-state index contributed by atoms with van der Waals surface area (Å²) in [4.78, 5) is 25.9. The Balaban J connectivity index is 1.74. The maximum Gasteiger partial charge on any atom is 0.248 e. The van der Waals surface area contributed by atoms with Gasteiger partial charge in [-0.3, -0.25) is 9.59 Å². The van der Waals surface area contributed by atoms with Crippen LogP contribution in [-0.4, -0.2) is 33.4 Å². The first-order valence-electron chi connectivity index (χ1n) is 6.81. The molecule has 2 heterocycles. The summed E-state index contributed by atoms with van der Waals surface area (Å²) < 4.78 is 0. The molecule has 21 heavy (non-hydrogen) atoms. The number of hydrogen-bond acceptors (Lipinski definition) is 4. The molecule has 0 aliphatic carbocycles. The van der Waals surface area contributed by atoms with Gasteiger partial charge in [0.05, 0.1) is 16.5 Å². The molecule has 0 radical (unpaired) electrons. The van der Waals surface area contributed by atoms with E-state index in [2.05, 4.69) is 5.32 Å². The molecule has 0 spiro atoms. The zero-order chi connectivity index (χ0) is 15.0. The number of benzene rings is 1. The van der Waals surface area contributed by atoms with Gasteiger partial charge >= 0.3 is 0 Å². The lowest BCUT2D eigenvalue weighted by molar-refractivity contribution is -0.135. The predicted molar refractivity (Wildman–Crippen MR) is 80.5 cm³/mol. The third-order valence-corrected chi connectivity index (χ3v) is 5.53. The summed E-state index contributed by atoms with van der Waals surface area (Å²) in [5.41, 5.74) is 1.19. The van der Waals surface area contributed by atoms with E-state index in [0.29, 0.717) is 23.4 Å². The molecule has 108 valence electrons. The third kappa shape index (κ3) is 2.38. The Labute approximate surface area is 127 Å². The fourth-order valence-electron chi connectivity index (χ4n) is 2.87. The number of carbonyl (C=O) groups is 2. The van der Waals surface area contributed by atoms with E-state index < -0.39 is 6.04 Å². The summed E-state index contributed by atoms with van der Waals surface area (Å²) in [6, 6.07) is 8.33. The van der Waals surface area contributed by atoms with Crippen LogP contribution in [0.3, 0.4) is 0 Å². The molecule has 2 atom stereocenters. The topological polar surface area (TPSA) is 73.2 Å². The lowest BCUT2D eigenvalue weighted by Gasteiger charge is -2.29. The van der Waals surface area contributed by atoms with E-state index in [1.807, 2.05) is 13.0 Å². The van der Waals surface area contributed by atoms with Crippen LogP contribution in [0.15, 0.2) is 24.3 Å². The van der Waals surface area contributed by atoms with E-state index in [1.54, 1.807) is 40.9 Å². The molecule has 3 rings (SSSR count). The number of nitrogens with one attached hydrogen (secondary N) is 1. The SMILES string of the molecule is CC12CCC(=O)N1C(C(=O)Nc1ccc(C#N)cc1)CS2. The molecular formula is C15H15N3O2S. The molecule has 6 heteroatoms. The number of nitriles is 1. The number of fused-ring (bicyclic) bond motifs is 1. The summed E-state index contributed by atoms with van der Waals surface area (Å²) in [6.07, 6.45) is 1.32. The van der Waals surface area contributed by atoms with E-state index in [4.69, 9.17) is 5.26 Å². The first kappa shape index (κ1) is 14.0. The van der Waals surface area contributed by atoms with Gasteiger partial charge < -0.3 is 10.2 Å². The number of thioether (sulfide) groups is 1. The highest BCUT2D eigenvalue weighted by molar-refractivity contribution is 8.01. The maximum absolute atomic E-state index is 12.4. The van der Waals surface area contributed by atoms with Crippen LogP contribution in [0.4, 0.5) is 5.69 Å². The first-order valence-corrected chi connectivity index (χ1v) is 7.79. The second-order valence-corrected chi connectivity index (χ2v) is 6.95. The quantitative estimate of drug-likeness (QED) is 0.906. The molecule has 1 aromatic carbocycles. The standard InChI is InChI=1S/C15H15N3O2S/c1-15-7-6-13(19)18(15)12(9-21-15)14(20)17-11-4-2-10(8-16)3-5-11/h2-5,12H,6-7,9H2,1H3,(H,17,20). The fourth-order valence-corrected chi connectivity index (χ4v) is 4.30. The molecule has 5 nitrogen and oxygen atoms in total. The van der Waals surface area contributed by atoms with Crippen LogP contribution in [0.2, 0.25) is 0 Å². The second kappa shape index (κ2) is 5.08. The molecule has 2 unspecified atom stereocenters. The molecular weight excluding hydrogens is 286 g/mol. The van der Waals surface area contributed by atoms with Crippen molar-refractivity contribution in [1.29, 1.82) is 5.26 Å². The van der Waals surface area contributed by atoms with Crippen molar-refractivity contribution in [3.63, 3.8) is 0 Å². The lowest BCUT2D eigenvalue weighted by atomic mass is 10.2. The van der Waals surface area contributed by atoms with Crippen molar-refractivity contribution in [3.05, 3.63) is 29.8 Å². The van der Waals surface area contributed by atoms with Gasteiger partial charge in [-0.1, -0.05) is 0 Å². The van der Waals surface area contributed by atoms with Gasteiger partial charge in [0.25, 0.3) is 0 Å². The number of rotatable bonds is 2. The highest BCUT2D eigenvalue weighted by Gasteiger charge is 2.52. The second-order valence-electron chi connectivity index (χ2n) is 5.44. The maximum atomic E-state index is 12.4. The molecule has 1 aromatic rings. The van der Waals surface area contributed by atoms with Crippen molar-refractivity contribution in [3.8, 4) is 6.07 Å². The van der Waals surface area contributed by atoms with E-state index in [0.717, 1.165) is 6.42 Å². The largest absolute Gasteiger partial charge is 0.324 e. The van der Waals surface area contributed by atoms with E-state index >= 15 is 0 Å². The van der Waals surface area contributed by atoms with Gasteiger partial charge in [0.2, 0.25) is 11.8 Å². The van der Waals surface area contributed by atoms with Crippen LogP contribution >= 0.6 is 11.8 Å². The molecule has 2 fully saturated rings. The number of amides is 2. The Morgan fingerprint density at radius 2 is 2.19 bits per heavy atom. The molecule has 2 aliphatic heterocycles. The normalized spacial score (nSPS) is 27.3. The van der Waals surface area contributed by atoms with Gasteiger partial charge in [0.15, 0.2) is 0 Å². The average molecular weight is 301 g/mol. The van der Waals surface area contributed by atoms with E-state index in [9.17, 15) is 9.59 Å². The Hall–Kier alpha value is -2.00. The van der Waals surface area contributed by atoms with Crippen molar-refractivity contribution in [2.24, 2.45) is 0 Å². The minimum absolute atomic E-state index is 0.0579.